The number of alkyl halides is 5. The third kappa shape index (κ3) is 4.08. The number of aliphatic carboxylic acids is 1. The van der Waals surface area contributed by atoms with Gasteiger partial charge in [0.05, 0.1) is 30.0 Å². The topological polar surface area (TPSA) is 77.9 Å². The molecule has 0 unspecified atom stereocenters. The van der Waals surface area contributed by atoms with E-state index in [4.69, 9.17) is 14.6 Å². The molecule has 30 heavy (non-hydrogen) atoms. The molecule has 0 saturated heterocycles. The van der Waals surface area contributed by atoms with E-state index < -0.39 is 29.6 Å². The van der Waals surface area contributed by atoms with E-state index in [0.29, 0.717) is 4.70 Å². The highest BCUT2D eigenvalue weighted by molar-refractivity contribution is 7.21. The lowest BCUT2D eigenvalue weighted by Gasteiger charge is -2.18. The lowest BCUT2D eigenvalue weighted by molar-refractivity contribution is -0.211. The number of hydrogen-bond acceptors (Lipinski definition) is 6. The van der Waals surface area contributed by atoms with Gasteiger partial charge in [-0.1, -0.05) is 0 Å². The van der Waals surface area contributed by atoms with Crippen LogP contribution in [0.3, 0.4) is 0 Å². The standard InChI is InChI=1S/C18H12F5NO5S/c1-27-11-5-8(6-12(28-2)14(11)29-18(22,23)16(25)26)15-24-10-7-9(17(19,20)21)3-4-13(10)30-15/h3-7H,1-2H3,(H,25,26). The zero-order chi connectivity index (χ0) is 22.3. The predicted octanol–water partition coefficient (Wildman–Crippen LogP) is 5.06. The third-order valence-corrected chi connectivity index (χ3v) is 4.99. The van der Waals surface area contributed by atoms with E-state index in [9.17, 15) is 26.7 Å². The van der Waals surface area contributed by atoms with Crippen LogP contribution >= 0.6 is 11.3 Å². The maximum Gasteiger partial charge on any atom is 0.502 e. The van der Waals surface area contributed by atoms with Gasteiger partial charge in [0.25, 0.3) is 0 Å². The number of carboxylic acids is 1. The first-order valence-electron chi connectivity index (χ1n) is 8.00. The van der Waals surface area contributed by atoms with E-state index in [1.54, 1.807) is 0 Å². The Labute approximate surface area is 169 Å². The first-order valence-corrected chi connectivity index (χ1v) is 8.82. The fourth-order valence-corrected chi connectivity index (χ4v) is 3.44. The average molecular weight is 449 g/mol. The number of benzene rings is 2. The normalized spacial score (nSPS) is 12.1. The lowest BCUT2D eigenvalue weighted by Crippen LogP contribution is -2.35. The van der Waals surface area contributed by atoms with Gasteiger partial charge < -0.3 is 19.3 Å². The molecule has 1 N–H and O–H groups in total. The Bertz CT molecular complexity index is 1090. The molecule has 0 spiro atoms. The number of nitrogens with zero attached hydrogens (tertiary/aromatic N) is 1. The molecule has 0 saturated carbocycles. The molecular weight excluding hydrogens is 437 g/mol. The van der Waals surface area contributed by atoms with E-state index in [0.717, 1.165) is 37.7 Å². The van der Waals surface area contributed by atoms with Gasteiger partial charge in [0.15, 0.2) is 11.5 Å². The van der Waals surface area contributed by atoms with Crippen LogP contribution in [0.15, 0.2) is 30.3 Å². The highest BCUT2D eigenvalue weighted by atomic mass is 32.1. The molecule has 6 nitrogen and oxygen atoms in total. The molecule has 1 heterocycles. The Morgan fingerprint density at radius 3 is 2.13 bits per heavy atom. The number of hydrogen-bond donors (Lipinski definition) is 1. The summed E-state index contributed by atoms with van der Waals surface area (Å²) in [5, 5.41) is 8.84. The molecule has 0 bridgehead atoms. The van der Waals surface area contributed by atoms with Gasteiger partial charge in [0.2, 0.25) is 5.75 Å². The van der Waals surface area contributed by atoms with Gasteiger partial charge in [-0.05, 0) is 30.3 Å². The van der Waals surface area contributed by atoms with Crippen LogP contribution in [0, 0.1) is 0 Å². The summed E-state index contributed by atoms with van der Waals surface area (Å²) in [5.74, 6) is -3.72. The zero-order valence-corrected chi connectivity index (χ0v) is 16.0. The Balaban J connectivity index is 2.09. The molecule has 3 aromatic rings. The largest absolute Gasteiger partial charge is 0.502 e. The Morgan fingerprint density at radius 1 is 1.03 bits per heavy atom. The second kappa shape index (κ2) is 7.59. The molecule has 0 aliphatic rings. The van der Waals surface area contributed by atoms with Crippen LogP contribution in [0.25, 0.3) is 20.8 Å². The number of rotatable bonds is 6. The smallest absolute Gasteiger partial charge is 0.493 e. The number of aromatic nitrogens is 1. The second-order valence-electron chi connectivity index (χ2n) is 5.83. The number of fused-ring (bicyclic) bond motifs is 1. The monoisotopic (exact) mass is 449 g/mol. The van der Waals surface area contributed by atoms with Crippen molar-refractivity contribution >= 4 is 27.5 Å². The number of ether oxygens (including phenoxy) is 3. The molecule has 1 aromatic heterocycles. The SMILES string of the molecule is COc1cc(-c2nc3cc(C(F)(F)F)ccc3s2)cc(OC)c1OC(F)(F)C(=O)O. The van der Waals surface area contributed by atoms with Gasteiger partial charge in [-0.15, -0.1) is 11.3 Å². The summed E-state index contributed by atoms with van der Waals surface area (Å²) in [6.45, 7) is 0. The summed E-state index contributed by atoms with van der Waals surface area (Å²) in [6, 6.07) is 5.57. The zero-order valence-electron chi connectivity index (χ0n) is 15.2. The van der Waals surface area contributed by atoms with Gasteiger partial charge in [0.1, 0.15) is 5.01 Å². The molecule has 0 atom stereocenters. The van der Waals surface area contributed by atoms with Gasteiger partial charge in [-0.2, -0.15) is 22.0 Å². The van der Waals surface area contributed by atoms with Crippen LogP contribution in [0.2, 0.25) is 0 Å². The first kappa shape index (κ1) is 21.6. The minimum absolute atomic E-state index is 0.0977. The van der Waals surface area contributed by atoms with Crippen molar-refractivity contribution in [1.29, 1.82) is 0 Å². The molecule has 12 heteroatoms. The third-order valence-electron chi connectivity index (χ3n) is 3.90. The van der Waals surface area contributed by atoms with Crippen molar-refractivity contribution in [2.45, 2.75) is 12.3 Å². The van der Waals surface area contributed by atoms with Crippen LogP contribution in [0.4, 0.5) is 22.0 Å². The number of thiazole rings is 1. The van der Waals surface area contributed by atoms with Crippen LogP contribution in [-0.4, -0.2) is 36.4 Å². The maximum absolute atomic E-state index is 13.5. The summed E-state index contributed by atoms with van der Waals surface area (Å²) >= 11 is 1.06. The molecule has 160 valence electrons. The molecular formula is C18H12F5NO5S. The molecule has 0 amide bonds. The Morgan fingerprint density at radius 2 is 1.63 bits per heavy atom. The molecule has 2 aromatic carbocycles. The van der Waals surface area contributed by atoms with Gasteiger partial charge >= 0.3 is 18.3 Å². The molecule has 0 fully saturated rings. The van der Waals surface area contributed by atoms with Gasteiger partial charge in [-0.25, -0.2) is 9.78 Å². The number of methoxy groups -OCH3 is 2. The fourth-order valence-electron chi connectivity index (χ4n) is 2.50. The summed E-state index contributed by atoms with van der Waals surface area (Å²) < 4.78 is 80.5. The van der Waals surface area contributed by atoms with Gasteiger partial charge in [0, 0.05) is 5.56 Å². The number of halogens is 5. The molecule has 0 aliphatic carbocycles. The van der Waals surface area contributed by atoms with Crippen molar-refractivity contribution in [2.24, 2.45) is 0 Å². The highest BCUT2D eigenvalue weighted by Crippen LogP contribution is 2.45. The van der Waals surface area contributed by atoms with Crippen LogP contribution in [-0.2, 0) is 11.0 Å². The number of carboxylic acid groups (broad SMARTS) is 1. The summed E-state index contributed by atoms with van der Waals surface area (Å²) in [5.41, 5.74) is -0.480. The second-order valence-corrected chi connectivity index (χ2v) is 6.86. The van der Waals surface area contributed by atoms with Crippen molar-refractivity contribution in [2.75, 3.05) is 14.2 Å². The first-order chi connectivity index (χ1) is 14.0. The van der Waals surface area contributed by atoms with Crippen molar-refractivity contribution in [3.63, 3.8) is 0 Å². The molecule has 3 rings (SSSR count). The fraction of sp³-hybridized carbons (Fsp3) is 0.222. The Kier molecular flexibility index (Phi) is 5.46. The van der Waals surface area contributed by atoms with Crippen LogP contribution in [0.1, 0.15) is 5.56 Å². The molecule has 0 radical (unpaired) electrons. The van der Waals surface area contributed by atoms with E-state index in [1.165, 1.54) is 18.2 Å². The lowest BCUT2D eigenvalue weighted by atomic mass is 10.2. The van der Waals surface area contributed by atoms with E-state index >= 15 is 0 Å². The molecule has 0 aliphatic heterocycles. The number of carbonyl (C=O) groups is 1. The van der Waals surface area contributed by atoms with Crippen molar-refractivity contribution in [3.8, 4) is 27.8 Å². The van der Waals surface area contributed by atoms with Gasteiger partial charge in [-0.3, -0.25) is 0 Å². The highest BCUT2D eigenvalue weighted by Gasteiger charge is 2.44. The summed E-state index contributed by atoms with van der Waals surface area (Å²) in [7, 11) is 2.27. The summed E-state index contributed by atoms with van der Waals surface area (Å²) in [4.78, 5) is 14.8. The minimum Gasteiger partial charge on any atom is -0.493 e. The van der Waals surface area contributed by atoms with E-state index in [2.05, 4.69) is 9.72 Å². The maximum atomic E-state index is 13.5. The van der Waals surface area contributed by atoms with Crippen molar-refractivity contribution < 1.29 is 46.1 Å². The van der Waals surface area contributed by atoms with E-state index in [-0.39, 0.29) is 27.6 Å². The van der Waals surface area contributed by atoms with Crippen LogP contribution < -0.4 is 14.2 Å². The quantitative estimate of drug-likeness (QED) is 0.531. The van der Waals surface area contributed by atoms with E-state index in [1.807, 2.05) is 0 Å². The Hall–Kier alpha value is -3.15. The predicted molar refractivity (Wildman–Crippen MR) is 96.4 cm³/mol. The van der Waals surface area contributed by atoms with Crippen molar-refractivity contribution in [3.05, 3.63) is 35.9 Å². The summed E-state index contributed by atoms with van der Waals surface area (Å²) in [6.07, 6.45) is -9.08. The minimum atomic E-state index is -4.55. The van der Waals surface area contributed by atoms with Crippen LogP contribution in [0.5, 0.6) is 17.2 Å². The van der Waals surface area contributed by atoms with Crippen molar-refractivity contribution in [1.82, 2.24) is 4.98 Å². The average Bonchev–Trinajstić information content (AvgIpc) is 3.10.